The first-order valence-corrected chi connectivity index (χ1v) is 6.13. The highest BCUT2D eigenvalue weighted by atomic mass is 19.2. The molecule has 17 heavy (non-hydrogen) atoms. The summed E-state index contributed by atoms with van der Waals surface area (Å²) < 4.78 is 25.7. The minimum Gasteiger partial charge on any atom is -0.299 e. The molecular formula is C14H14F2O. The molecule has 1 nitrogen and oxygen atoms in total. The fourth-order valence-corrected chi connectivity index (χ4v) is 3.27. The molecule has 2 aliphatic rings. The molecule has 2 unspecified atom stereocenters. The number of benzene rings is 1. The van der Waals surface area contributed by atoms with E-state index in [0.29, 0.717) is 17.4 Å². The van der Waals surface area contributed by atoms with Crippen LogP contribution in [0.25, 0.3) is 0 Å². The quantitative estimate of drug-likeness (QED) is 0.788. The van der Waals surface area contributed by atoms with Crippen LogP contribution < -0.4 is 0 Å². The Labute approximate surface area is 98.8 Å². The summed E-state index contributed by atoms with van der Waals surface area (Å²) >= 11 is 0. The zero-order valence-electron chi connectivity index (χ0n) is 9.46. The summed E-state index contributed by atoms with van der Waals surface area (Å²) in [4.78, 5) is 12.0. The van der Waals surface area contributed by atoms with Crippen LogP contribution in [-0.2, 0) is 11.2 Å². The lowest BCUT2D eigenvalue weighted by Crippen LogP contribution is -2.09. The number of hydrogen-bond donors (Lipinski definition) is 0. The third-order valence-corrected chi connectivity index (χ3v) is 4.14. The van der Waals surface area contributed by atoms with Crippen LogP contribution in [0.3, 0.4) is 0 Å². The smallest absolute Gasteiger partial charge is 0.159 e. The molecule has 2 aliphatic carbocycles. The van der Waals surface area contributed by atoms with E-state index < -0.39 is 11.6 Å². The van der Waals surface area contributed by atoms with Gasteiger partial charge in [0.1, 0.15) is 5.78 Å². The van der Waals surface area contributed by atoms with Crippen LogP contribution in [0.1, 0.15) is 24.8 Å². The molecular weight excluding hydrogens is 222 g/mol. The summed E-state index contributed by atoms with van der Waals surface area (Å²) in [5, 5.41) is 0. The molecule has 0 aliphatic heterocycles. The number of hydrogen-bond acceptors (Lipinski definition) is 1. The van der Waals surface area contributed by atoms with Crippen molar-refractivity contribution >= 4 is 5.78 Å². The van der Waals surface area contributed by atoms with Crippen molar-refractivity contribution in [2.24, 2.45) is 17.8 Å². The molecule has 1 aromatic carbocycles. The SMILES string of the molecule is O=C(Cc1ccc(F)c(F)c1)C1C2CCCC21. The molecule has 2 saturated carbocycles. The topological polar surface area (TPSA) is 17.1 Å². The second-order valence-corrected chi connectivity index (χ2v) is 5.18. The predicted molar refractivity (Wildman–Crippen MR) is 59.4 cm³/mol. The van der Waals surface area contributed by atoms with E-state index in [-0.39, 0.29) is 18.1 Å². The van der Waals surface area contributed by atoms with Gasteiger partial charge >= 0.3 is 0 Å². The third kappa shape index (κ3) is 1.88. The zero-order valence-corrected chi connectivity index (χ0v) is 9.46. The first-order chi connectivity index (χ1) is 8.16. The summed E-state index contributed by atoms with van der Waals surface area (Å²) in [5.74, 6) is -0.140. The van der Waals surface area contributed by atoms with Gasteiger partial charge in [0.15, 0.2) is 11.6 Å². The Morgan fingerprint density at radius 3 is 2.53 bits per heavy atom. The van der Waals surface area contributed by atoms with Crippen LogP contribution in [0.15, 0.2) is 18.2 Å². The predicted octanol–water partition coefficient (Wildman–Crippen LogP) is 3.12. The Hall–Kier alpha value is -1.25. The van der Waals surface area contributed by atoms with E-state index in [1.807, 2.05) is 0 Å². The van der Waals surface area contributed by atoms with Crippen LogP contribution in [0.4, 0.5) is 8.78 Å². The van der Waals surface area contributed by atoms with Crippen LogP contribution in [0.2, 0.25) is 0 Å². The fraction of sp³-hybridized carbons (Fsp3) is 0.500. The van der Waals surface area contributed by atoms with Gasteiger partial charge in [0.2, 0.25) is 0 Å². The summed E-state index contributed by atoms with van der Waals surface area (Å²) in [6.07, 6.45) is 3.82. The van der Waals surface area contributed by atoms with Gasteiger partial charge < -0.3 is 0 Å². The molecule has 2 atom stereocenters. The number of rotatable bonds is 3. The van der Waals surface area contributed by atoms with Crippen molar-refractivity contribution in [3.05, 3.63) is 35.4 Å². The molecule has 3 heteroatoms. The van der Waals surface area contributed by atoms with Crippen LogP contribution in [-0.4, -0.2) is 5.78 Å². The Balaban J connectivity index is 1.67. The Morgan fingerprint density at radius 2 is 1.88 bits per heavy atom. The average molecular weight is 236 g/mol. The molecule has 0 radical (unpaired) electrons. The molecule has 0 aromatic heterocycles. The number of Topliss-reactive ketones (excluding diaryl/α,β-unsaturated/α-hetero) is 1. The molecule has 0 saturated heterocycles. The van der Waals surface area contributed by atoms with Crippen molar-refractivity contribution in [2.45, 2.75) is 25.7 Å². The van der Waals surface area contributed by atoms with Crippen molar-refractivity contribution in [1.29, 1.82) is 0 Å². The molecule has 1 aromatic rings. The molecule has 0 heterocycles. The zero-order chi connectivity index (χ0) is 12.0. The van der Waals surface area contributed by atoms with Gasteiger partial charge in [-0.1, -0.05) is 12.5 Å². The largest absolute Gasteiger partial charge is 0.299 e. The fourth-order valence-electron chi connectivity index (χ4n) is 3.27. The van der Waals surface area contributed by atoms with Crippen molar-refractivity contribution in [2.75, 3.05) is 0 Å². The highest BCUT2D eigenvalue weighted by molar-refractivity contribution is 5.86. The van der Waals surface area contributed by atoms with Crippen molar-refractivity contribution < 1.29 is 13.6 Å². The lowest BCUT2D eigenvalue weighted by atomic mass is 10.0. The average Bonchev–Trinajstić information content (AvgIpc) is 2.78. The molecule has 0 amide bonds. The highest BCUT2D eigenvalue weighted by Crippen LogP contribution is 2.58. The standard InChI is InChI=1S/C14H14F2O/c15-11-5-4-8(6-12(11)16)7-13(17)14-9-2-1-3-10(9)14/h4-6,9-10,14H,1-3,7H2. The monoisotopic (exact) mass is 236 g/mol. The van der Waals surface area contributed by atoms with E-state index in [1.165, 1.54) is 25.3 Å². The number of fused-ring (bicyclic) bond motifs is 1. The van der Waals surface area contributed by atoms with E-state index in [0.717, 1.165) is 12.1 Å². The second kappa shape index (κ2) is 3.90. The van der Waals surface area contributed by atoms with Gasteiger partial charge in [-0.2, -0.15) is 0 Å². The maximum absolute atomic E-state index is 13.0. The maximum atomic E-state index is 13.0. The van der Waals surface area contributed by atoms with E-state index in [1.54, 1.807) is 0 Å². The van der Waals surface area contributed by atoms with E-state index >= 15 is 0 Å². The minimum absolute atomic E-state index is 0.200. The van der Waals surface area contributed by atoms with Gasteiger partial charge in [0.25, 0.3) is 0 Å². The Morgan fingerprint density at radius 1 is 1.18 bits per heavy atom. The lowest BCUT2D eigenvalue weighted by Gasteiger charge is -2.03. The minimum atomic E-state index is -0.869. The molecule has 0 bridgehead atoms. The van der Waals surface area contributed by atoms with Crippen LogP contribution >= 0.6 is 0 Å². The summed E-state index contributed by atoms with van der Waals surface area (Å²) in [7, 11) is 0. The highest BCUT2D eigenvalue weighted by Gasteiger charge is 2.55. The van der Waals surface area contributed by atoms with Gasteiger partial charge in [-0.05, 0) is 42.4 Å². The van der Waals surface area contributed by atoms with Gasteiger partial charge in [-0.25, -0.2) is 8.78 Å². The van der Waals surface area contributed by atoms with Crippen LogP contribution in [0, 0.1) is 29.4 Å². The van der Waals surface area contributed by atoms with Crippen LogP contribution in [0.5, 0.6) is 0 Å². The van der Waals surface area contributed by atoms with Gasteiger partial charge in [0.05, 0.1) is 0 Å². The molecule has 2 fully saturated rings. The number of ketones is 1. The van der Waals surface area contributed by atoms with Gasteiger partial charge in [0, 0.05) is 12.3 Å². The normalized spacial score (nSPS) is 30.1. The van der Waals surface area contributed by atoms with Crippen molar-refractivity contribution in [1.82, 2.24) is 0 Å². The van der Waals surface area contributed by atoms with E-state index in [9.17, 15) is 13.6 Å². The van der Waals surface area contributed by atoms with Crippen molar-refractivity contribution in [3.63, 3.8) is 0 Å². The number of carbonyl (C=O) groups excluding carboxylic acids is 1. The third-order valence-electron chi connectivity index (χ3n) is 4.14. The maximum Gasteiger partial charge on any atom is 0.159 e. The van der Waals surface area contributed by atoms with E-state index in [2.05, 4.69) is 0 Å². The van der Waals surface area contributed by atoms with Gasteiger partial charge in [-0.15, -0.1) is 0 Å². The number of carbonyl (C=O) groups is 1. The second-order valence-electron chi connectivity index (χ2n) is 5.18. The summed E-state index contributed by atoms with van der Waals surface area (Å²) in [6, 6.07) is 3.71. The molecule has 0 N–H and O–H groups in total. The van der Waals surface area contributed by atoms with Crippen molar-refractivity contribution in [3.8, 4) is 0 Å². The molecule has 3 rings (SSSR count). The number of halogens is 2. The van der Waals surface area contributed by atoms with E-state index in [4.69, 9.17) is 0 Å². The Kier molecular flexibility index (Phi) is 2.49. The first kappa shape index (κ1) is 10.9. The summed E-state index contributed by atoms with van der Waals surface area (Å²) in [6.45, 7) is 0. The molecule has 90 valence electrons. The lowest BCUT2D eigenvalue weighted by molar-refractivity contribution is -0.120. The van der Waals surface area contributed by atoms with Gasteiger partial charge in [-0.3, -0.25) is 4.79 Å². The Bertz CT molecular complexity index is 459. The first-order valence-electron chi connectivity index (χ1n) is 6.13. The summed E-state index contributed by atoms with van der Waals surface area (Å²) in [5.41, 5.74) is 0.582. The molecule has 0 spiro atoms.